The molecular formula is C31H56N4O5. The topological polar surface area (TPSA) is 90.5 Å². The van der Waals surface area contributed by atoms with Crippen LogP contribution in [0.25, 0.3) is 0 Å². The van der Waals surface area contributed by atoms with E-state index in [1.54, 1.807) is 11.9 Å². The molecule has 0 bridgehead atoms. The normalized spacial score (nSPS) is 16.9. The molecule has 9 heteroatoms. The highest BCUT2D eigenvalue weighted by molar-refractivity contribution is 6.02. The first-order valence-corrected chi connectivity index (χ1v) is 15.6. The molecule has 9 nitrogen and oxygen atoms in total. The van der Waals surface area contributed by atoms with Crippen molar-refractivity contribution in [3.63, 3.8) is 0 Å². The molecule has 2 aliphatic heterocycles. The predicted octanol–water partition coefficient (Wildman–Crippen LogP) is 5.91. The first-order chi connectivity index (χ1) is 18.9. The number of rotatable bonds is 21. The summed E-state index contributed by atoms with van der Waals surface area (Å²) < 4.78 is 5.89. The van der Waals surface area contributed by atoms with Crippen molar-refractivity contribution in [1.82, 2.24) is 19.6 Å². The van der Waals surface area contributed by atoms with Gasteiger partial charge in [-0.15, -0.1) is 0 Å². The maximum absolute atomic E-state index is 12.2. The molecule has 2 aliphatic rings. The maximum atomic E-state index is 12.2. The van der Waals surface area contributed by atoms with E-state index in [0.717, 1.165) is 90.3 Å². The SMILES string of the molecule is CCN1CC(=O)N(CCCCC(C)(C)CCCCOCCCCC(C)(C)CCCCN2C(=O)CN(C)C2=O)C1=O. The highest BCUT2D eigenvalue weighted by Gasteiger charge is 2.34. The number of imide groups is 2. The van der Waals surface area contributed by atoms with Crippen LogP contribution in [-0.2, 0) is 14.3 Å². The average Bonchev–Trinajstić information content (AvgIpc) is 3.30. The van der Waals surface area contributed by atoms with Crippen LogP contribution >= 0.6 is 0 Å². The highest BCUT2D eigenvalue weighted by Crippen LogP contribution is 2.31. The lowest BCUT2D eigenvalue weighted by atomic mass is 9.82. The van der Waals surface area contributed by atoms with Crippen LogP contribution in [-0.4, -0.2) is 96.5 Å². The molecule has 0 aromatic carbocycles. The van der Waals surface area contributed by atoms with Crippen molar-refractivity contribution < 1.29 is 23.9 Å². The number of carbonyl (C=O) groups excluding carboxylic acids is 4. The number of carbonyl (C=O) groups is 4. The molecule has 0 unspecified atom stereocenters. The van der Waals surface area contributed by atoms with Gasteiger partial charge in [-0.2, -0.15) is 0 Å². The third-order valence-corrected chi connectivity index (χ3v) is 8.50. The molecule has 40 heavy (non-hydrogen) atoms. The molecule has 2 rings (SSSR count). The van der Waals surface area contributed by atoms with Crippen LogP contribution in [0.4, 0.5) is 9.59 Å². The standard InChI is InChI=1S/C31H56N4O5/c1-7-33-25-27(37)35(29(33)39)21-13-9-17-31(4,5)19-11-15-23-40-22-14-10-18-30(2,3)16-8-12-20-34-26(36)24-32(6)28(34)38/h7-25H2,1-6H3. The monoisotopic (exact) mass is 564 g/mol. The van der Waals surface area contributed by atoms with E-state index in [9.17, 15) is 19.2 Å². The van der Waals surface area contributed by atoms with Gasteiger partial charge in [0.05, 0.1) is 0 Å². The Labute approximate surface area is 242 Å². The van der Waals surface area contributed by atoms with Gasteiger partial charge in [-0.25, -0.2) is 9.59 Å². The summed E-state index contributed by atoms with van der Waals surface area (Å²) >= 11 is 0. The number of urea groups is 2. The van der Waals surface area contributed by atoms with Gasteiger partial charge in [0.1, 0.15) is 13.1 Å². The lowest BCUT2D eigenvalue weighted by molar-refractivity contribution is -0.126. The quantitative estimate of drug-likeness (QED) is 0.128. The van der Waals surface area contributed by atoms with Gasteiger partial charge in [-0.05, 0) is 69.1 Å². The van der Waals surface area contributed by atoms with E-state index in [2.05, 4.69) is 27.7 Å². The molecule has 0 atom stereocenters. The molecule has 0 aromatic heterocycles. The molecule has 0 N–H and O–H groups in total. The summed E-state index contributed by atoms with van der Waals surface area (Å²) in [5, 5.41) is 0. The number of likely N-dealkylation sites (N-methyl/N-ethyl adjacent to an activating group) is 2. The van der Waals surface area contributed by atoms with E-state index in [1.165, 1.54) is 14.7 Å². The molecule has 0 radical (unpaired) electrons. The van der Waals surface area contributed by atoms with Crippen molar-refractivity contribution in [2.45, 2.75) is 112 Å². The van der Waals surface area contributed by atoms with Crippen molar-refractivity contribution >= 4 is 23.9 Å². The Kier molecular flexibility index (Phi) is 13.9. The zero-order chi connectivity index (χ0) is 29.8. The second-order valence-electron chi connectivity index (χ2n) is 13.3. The van der Waals surface area contributed by atoms with Crippen molar-refractivity contribution in [3.05, 3.63) is 0 Å². The van der Waals surface area contributed by atoms with E-state index in [-0.39, 0.29) is 47.8 Å². The molecule has 0 saturated carbocycles. The van der Waals surface area contributed by atoms with Crippen LogP contribution in [0.2, 0.25) is 0 Å². The summed E-state index contributed by atoms with van der Waals surface area (Å²) in [6.45, 7) is 14.9. The number of amides is 6. The Hall–Kier alpha value is -2.16. The maximum Gasteiger partial charge on any atom is 0.327 e. The van der Waals surface area contributed by atoms with E-state index < -0.39 is 0 Å². The van der Waals surface area contributed by atoms with Crippen LogP contribution in [0.15, 0.2) is 0 Å². The second-order valence-corrected chi connectivity index (χ2v) is 13.3. The Morgan fingerprint density at radius 2 is 1.05 bits per heavy atom. The number of unbranched alkanes of at least 4 members (excludes halogenated alkanes) is 4. The number of hydrogen-bond donors (Lipinski definition) is 0. The number of ether oxygens (including phenoxy) is 1. The Balaban J connectivity index is 1.43. The first-order valence-electron chi connectivity index (χ1n) is 15.6. The fourth-order valence-electron chi connectivity index (χ4n) is 5.66. The molecule has 2 heterocycles. The Morgan fingerprint density at radius 1 is 0.625 bits per heavy atom. The van der Waals surface area contributed by atoms with Gasteiger partial charge in [0.15, 0.2) is 0 Å². The largest absolute Gasteiger partial charge is 0.381 e. The summed E-state index contributed by atoms with van der Waals surface area (Å²) in [6.07, 6.45) is 12.8. The third kappa shape index (κ3) is 11.4. The molecule has 6 amide bonds. The van der Waals surface area contributed by atoms with Crippen LogP contribution in [0.3, 0.4) is 0 Å². The number of nitrogens with zero attached hydrogens (tertiary/aromatic N) is 4. The van der Waals surface area contributed by atoms with Crippen molar-refractivity contribution in [3.8, 4) is 0 Å². The average molecular weight is 565 g/mol. The fourth-order valence-corrected chi connectivity index (χ4v) is 5.66. The molecule has 2 fully saturated rings. The molecular weight excluding hydrogens is 508 g/mol. The molecule has 230 valence electrons. The van der Waals surface area contributed by atoms with E-state index in [0.29, 0.717) is 19.6 Å². The van der Waals surface area contributed by atoms with Gasteiger partial charge in [-0.3, -0.25) is 19.4 Å². The van der Waals surface area contributed by atoms with Crippen LogP contribution < -0.4 is 0 Å². The van der Waals surface area contributed by atoms with E-state index in [1.807, 2.05) is 6.92 Å². The highest BCUT2D eigenvalue weighted by atomic mass is 16.5. The van der Waals surface area contributed by atoms with Gasteiger partial charge < -0.3 is 14.5 Å². The smallest absolute Gasteiger partial charge is 0.327 e. The Bertz CT molecular complexity index is 844. The Morgan fingerprint density at radius 3 is 1.45 bits per heavy atom. The molecule has 0 aliphatic carbocycles. The fraction of sp³-hybridized carbons (Fsp3) is 0.871. The van der Waals surface area contributed by atoms with Crippen molar-refractivity contribution in [2.24, 2.45) is 10.8 Å². The van der Waals surface area contributed by atoms with Gasteiger partial charge in [0.2, 0.25) is 11.8 Å². The van der Waals surface area contributed by atoms with Crippen LogP contribution in [0, 0.1) is 10.8 Å². The zero-order valence-electron chi connectivity index (χ0n) is 26.3. The minimum absolute atomic E-state index is 0.0640. The van der Waals surface area contributed by atoms with Crippen LogP contribution in [0.1, 0.15) is 112 Å². The minimum atomic E-state index is -0.167. The van der Waals surface area contributed by atoms with E-state index in [4.69, 9.17) is 4.74 Å². The summed E-state index contributed by atoms with van der Waals surface area (Å²) in [5.41, 5.74) is 0.521. The summed E-state index contributed by atoms with van der Waals surface area (Å²) in [4.78, 5) is 53.9. The van der Waals surface area contributed by atoms with Gasteiger partial charge in [-0.1, -0.05) is 53.4 Å². The summed E-state index contributed by atoms with van der Waals surface area (Å²) in [7, 11) is 1.67. The molecule has 0 spiro atoms. The van der Waals surface area contributed by atoms with Crippen LogP contribution in [0.5, 0.6) is 0 Å². The molecule has 2 saturated heterocycles. The minimum Gasteiger partial charge on any atom is -0.381 e. The number of hydrogen-bond acceptors (Lipinski definition) is 5. The molecule has 0 aromatic rings. The van der Waals surface area contributed by atoms with Gasteiger partial charge >= 0.3 is 12.1 Å². The van der Waals surface area contributed by atoms with Gasteiger partial charge in [0, 0.05) is 39.9 Å². The van der Waals surface area contributed by atoms with Crippen molar-refractivity contribution in [2.75, 3.05) is 53.0 Å². The summed E-state index contributed by atoms with van der Waals surface area (Å²) in [5.74, 6) is -0.146. The zero-order valence-corrected chi connectivity index (χ0v) is 26.3. The van der Waals surface area contributed by atoms with E-state index >= 15 is 0 Å². The lowest BCUT2D eigenvalue weighted by Crippen LogP contribution is -2.33. The lowest BCUT2D eigenvalue weighted by Gasteiger charge is -2.25. The second kappa shape index (κ2) is 16.3. The first kappa shape index (κ1) is 34.0. The van der Waals surface area contributed by atoms with Crippen molar-refractivity contribution in [1.29, 1.82) is 0 Å². The van der Waals surface area contributed by atoms with Gasteiger partial charge in [0.25, 0.3) is 0 Å². The predicted molar refractivity (Wildman–Crippen MR) is 158 cm³/mol. The third-order valence-electron chi connectivity index (χ3n) is 8.50. The summed E-state index contributed by atoms with van der Waals surface area (Å²) in [6, 6.07) is -0.300.